The Morgan fingerprint density at radius 1 is 1.26 bits per heavy atom. The first kappa shape index (κ1) is 26.5. The molecule has 188 valence electrons. The maximum atomic E-state index is 12.6. The SMILES string of the molecule is CC[C@@H](Oc1ncc(Cl)cc1Cl)C(=O)NCc1cccc(NC(=O)NC2CN(CCC(=O)O)C2)c1. The summed E-state index contributed by atoms with van der Waals surface area (Å²) in [6.45, 7) is 3.74. The molecule has 1 aliphatic rings. The number of carbonyl (C=O) groups is 3. The predicted molar refractivity (Wildman–Crippen MR) is 132 cm³/mol. The lowest BCUT2D eigenvalue weighted by Crippen LogP contribution is -2.60. The summed E-state index contributed by atoms with van der Waals surface area (Å²) in [5.74, 6) is -1.03. The molecule has 1 aliphatic heterocycles. The highest BCUT2D eigenvalue weighted by Gasteiger charge is 2.28. The number of ether oxygens (including phenoxy) is 1. The number of amides is 3. The van der Waals surface area contributed by atoms with Gasteiger partial charge in [0.05, 0.1) is 17.5 Å². The first-order chi connectivity index (χ1) is 16.7. The molecule has 0 spiro atoms. The average molecular weight is 524 g/mol. The highest BCUT2D eigenvalue weighted by atomic mass is 35.5. The minimum atomic E-state index is -0.837. The molecule has 0 aliphatic carbocycles. The van der Waals surface area contributed by atoms with Gasteiger partial charge in [0.25, 0.3) is 5.91 Å². The molecule has 35 heavy (non-hydrogen) atoms. The fraction of sp³-hybridized carbons (Fsp3) is 0.391. The Balaban J connectivity index is 1.45. The van der Waals surface area contributed by atoms with Crippen molar-refractivity contribution in [2.75, 3.05) is 25.0 Å². The molecule has 3 amide bonds. The Morgan fingerprint density at radius 2 is 2.03 bits per heavy atom. The Kier molecular flexibility index (Phi) is 9.53. The molecule has 0 unspecified atom stereocenters. The second kappa shape index (κ2) is 12.6. The number of urea groups is 1. The number of carboxylic acid groups (broad SMARTS) is 1. The summed E-state index contributed by atoms with van der Waals surface area (Å²) in [7, 11) is 0. The molecule has 2 heterocycles. The quantitative estimate of drug-likeness (QED) is 0.355. The number of carbonyl (C=O) groups excluding carboxylic acids is 2. The van der Waals surface area contributed by atoms with Gasteiger partial charge in [0, 0.05) is 38.1 Å². The van der Waals surface area contributed by atoms with Crippen LogP contribution in [-0.4, -0.2) is 64.7 Å². The van der Waals surface area contributed by atoms with Crippen LogP contribution in [0.25, 0.3) is 0 Å². The first-order valence-electron chi connectivity index (χ1n) is 11.1. The minimum absolute atomic E-state index is 0.0270. The summed E-state index contributed by atoms with van der Waals surface area (Å²) >= 11 is 11.9. The van der Waals surface area contributed by atoms with E-state index in [4.69, 9.17) is 33.0 Å². The van der Waals surface area contributed by atoms with Crippen LogP contribution in [0, 0.1) is 0 Å². The van der Waals surface area contributed by atoms with Gasteiger partial charge < -0.3 is 25.8 Å². The summed E-state index contributed by atoms with van der Waals surface area (Å²) in [6.07, 6.45) is 1.09. The number of aliphatic carboxylic acids is 1. The van der Waals surface area contributed by atoms with Crippen LogP contribution in [0.15, 0.2) is 36.5 Å². The molecule has 0 bridgehead atoms. The highest BCUT2D eigenvalue weighted by Crippen LogP contribution is 2.26. The van der Waals surface area contributed by atoms with Crippen molar-refractivity contribution in [2.45, 2.75) is 38.5 Å². The second-order valence-corrected chi connectivity index (χ2v) is 8.92. The standard InChI is InChI=1S/C23H27Cl2N5O5/c1-2-19(35-22-18(25)9-15(24)11-27-22)21(33)26-10-14-4-3-5-16(8-14)28-23(34)29-17-12-30(13-17)7-6-20(31)32/h3-5,8-9,11,17,19H,2,6-7,10,12-13H2,1H3,(H,26,33)(H,31,32)(H2,28,29,34)/t19-/m1/s1. The predicted octanol–water partition coefficient (Wildman–Crippen LogP) is 3.14. The molecule has 0 radical (unpaired) electrons. The van der Waals surface area contributed by atoms with Crippen molar-refractivity contribution < 1.29 is 24.2 Å². The number of hydrogen-bond donors (Lipinski definition) is 4. The largest absolute Gasteiger partial charge is 0.481 e. The number of anilines is 1. The van der Waals surface area contributed by atoms with Gasteiger partial charge in [-0.25, -0.2) is 9.78 Å². The lowest BCUT2D eigenvalue weighted by molar-refractivity contribution is -0.137. The van der Waals surface area contributed by atoms with Crippen molar-refractivity contribution in [1.29, 1.82) is 0 Å². The van der Waals surface area contributed by atoms with Gasteiger partial charge in [-0.2, -0.15) is 0 Å². The highest BCUT2D eigenvalue weighted by molar-refractivity contribution is 6.35. The summed E-state index contributed by atoms with van der Waals surface area (Å²) < 4.78 is 5.65. The van der Waals surface area contributed by atoms with Crippen LogP contribution in [0.1, 0.15) is 25.3 Å². The van der Waals surface area contributed by atoms with Crippen molar-refractivity contribution in [1.82, 2.24) is 20.5 Å². The maximum Gasteiger partial charge on any atom is 0.319 e. The third-order valence-corrected chi connectivity index (χ3v) is 5.75. The van der Waals surface area contributed by atoms with Gasteiger partial charge in [-0.1, -0.05) is 42.3 Å². The summed E-state index contributed by atoms with van der Waals surface area (Å²) in [6, 6.07) is 8.23. The van der Waals surface area contributed by atoms with Crippen molar-refractivity contribution in [2.24, 2.45) is 0 Å². The molecule has 0 saturated carbocycles. The van der Waals surface area contributed by atoms with Crippen molar-refractivity contribution in [3.8, 4) is 5.88 Å². The summed E-state index contributed by atoms with van der Waals surface area (Å²) in [5, 5.41) is 17.8. The van der Waals surface area contributed by atoms with Crippen LogP contribution in [0.3, 0.4) is 0 Å². The molecule has 1 fully saturated rings. The Labute approximate surface area is 212 Å². The van der Waals surface area contributed by atoms with E-state index in [1.807, 2.05) is 17.9 Å². The van der Waals surface area contributed by atoms with Crippen molar-refractivity contribution >= 4 is 46.8 Å². The molecule has 1 saturated heterocycles. The van der Waals surface area contributed by atoms with Gasteiger partial charge in [-0.3, -0.25) is 14.5 Å². The first-order valence-corrected chi connectivity index (χ1v) is 11.8. The normalized spacial score (nSPS) is 14.5. The van der Waals surface area contributed by atoms with E-state index in [1.165, 1.54) is 12.3 Å². The number of rotatable bonds is 11. The third-order valence-electron chi connectivity index (χ3n) is 5.28. The van der Waals surface area contributed by atoms with E-state index in [1.54, 1.807) is 18.2 Å². The molecule has 4 N–H and O–H groups in total. The molecular formula is C23H27Cl2N5O5. The molecule has 1 aromatic carbocycles. The number of likely N-dealkylation sites (tertiary alicyclic amines) is 1. The monoisotopic (exact) mass is 523 g/mol. The zero-order chi connectivity index (χ0) is 25.4. The van der Waals surface area contributed by atoms with Gasteiger partial charge in [0.2, 0.25) is 5.88 Å². The summed E-state index contributed by atoms with van der Waals surface area (Å²) in [4.78, 5) is 41.5. The van der Waals surface area contributed by atoms with E-state index < -0.39 is 12.1 Å². The van der Waals surface area contributed by atoms with Crippen LogP contribution in [-0.2, 0) is 16.1 Å². The average Bonchev–Trinajstić information content (AvgIpc) is 2.78. The molecule has 1 atom stereocenters. The zero-order valence-electron chi connectivity index (χ0n) is 19.1. The fourth-order valence-corrected chi connectivity index (χ4v) is 3.88. The van der Waals surface area contributed by atoms with Gasteiger partial charge in [-0.15, -0.1) is 0 Å². The lowest BCUT2D eigenvalue weighted by atomic mass is 10.1. The summed E-state index contributed by atoms with van der Waals surface area (Å²) in [5.41, 5.74) is 1.37. The molecule has 10 nitrogen and oxygen atoms in total. The third kappa shape index (κ3) is 8.27. The fourth-order valence-electron chi connectivity index (χ4n) is 3.46. The maximum absolute atomic E-state index is 12.6. The molecule has 12 heteroatoms. The van der Waals surface area contributed by atoms with Gasteiger partial charge in [-0.05, 0) is 30.2 Å². The Bertz CT molecular complexity index is 1060. The van der Waals surface area contributed by atoms with E-state index in [9.17, 15) is 14.4 Å². The van der Waals surface area contributed by atoms with Crippen LogP contribution < -0.4 is 20.7 Å². The zero-order valence-corrected chi connectivity index (χ0v) is 20.6. The van der Waals surface area contributed by atoms with Crippen LogP contribution in [0.5, 0.6) is 5.88 Å². The Hall–Kier alpha value is -3.08. The number of nitrogens with one attached hydrogen (secondary N) is 3. The van der Waals surface area contributed by atoms with E-state index in [0.29, 0.717) is 36.8 Å². The topological polar surface area (TPSA) is 133 Å². The van der Waals surface area contributed by atoms with E-state index in [2.05, 4.69) is 20.9 Å². The van der Waals surface area contributed by atoms with Gasteiger partial charge in [0.15, 0.2) is 6.10 Å². The number of aromatic nitrogens is 1. The van der Waals surface area contributed by atoms with Crippen molar-refractivity contribution in [3.05, 3.63) is 52.1 Å². The number of hydrogen-bond acceptors (Lipinski definition) is 6. The van der Waals surface area contributed by atoms with Crippen LogP contribution in [0.4, 0.5) is 10.5 Å². The van der Waals surface area contributed by atoms with E-state index in [0.717, 1.165) is 5.56 Å². The molecule has 1 aromatic heterocycles. The Morgan fingerprint density at radius 3 is 2.71 bits per heavy atom. The van der Waals surface area contributed by atoms with E-state index in [-0.39, 0.29) is 41.8 Å². The van der Waals surface area contributed by atoms with Crippen molar-refractivity contribution in [3.63, 3.8) is 0 Å². The lowest BCUT2D eigenvalue weighted by Gasteiger charge is -2.39. The minimum Gasteiger partial charge on any atom is -0.481 e. The molecule has 2 aromatic rings. The number of carboxylic acids is 1. The van der Waals surface area contributed by atoms with Gasteiger partial charge in [0.1, 0.15) is 5.02 Å². The number of halogens is 2. The second-order valence-electron chi connectivity index (χ2n) is 8.07. The number of benzene rings is 1. The number of pyridine rings is 1. The van der Waals surface area contributed by atoms with Gasteiger partial charge >= 0.3 is 12.0 Å². The molecular weight excluding hydrogens is 497 g/mol. The van der Waals surface area contributed by atoms with Crippen LogP contribution >= 0.6 is 23.2 Å². The van der Waals surface area contributed by atoms with Crippen LogP contribution in [0.2, 0.25) is 10.0 Å². The number of nitrogens with zero attached hydrogens (tertiary/aromatic N) is 2. The van der Waals surface area contributed by atoms with E-state index >= 15 is 0 Å². The molecule has 3 rings (SSSR count). The smallest absolute Gasteiger partial charge is 0.319 e.